The molecular formula is C21H31N3O2. The van der Waals surface area contributed by atoms with Gasteiger partial charge in [0, 0.05) is 56.6 Å². The van der Waals surface area contributed by atoms with E-state index in [4.69, 9.17) is 4.74 Å². The standard InChI is InChI=1S/C21H31N3O2/c25-21(17-5-7-19(8-6-17)24-11-1-2-12-24)22-18-9-13-23(14-10-18)16-20-4-3-15-26-20/h5-8,18,20H,1-4,9-16H2,(H,22,25). The molecule has 0 aromatic heterocycles. The third-order valence-corrected chi connectivity index (χ3v) is 6.01. The lowest BCUT2D eigenvalue weighted by Gasteiger charge is -2.33. The molecule has 142 valence electrons. The number of anilines is 1. The van der Waals surface area contributed by atoms with Crippen LogP contribution in [-0.4, -0.2) is 62.3 Å². The number of amides is 1. The van der Waals surface area contributed by atoms with E-state index in [9.17, 15) is 4.79 Å². The molecule has 1 aromatic rings. The Hall–Kier alpha value is -1.59. The summed E-state index contributed by atoms with van der Waals surface area (Å²) in [6, 6.07) is 8.40. The van der Waals surface area contributed by atoms with Crippen molar-refractivity contribution in [2.75, 3.05) is 44.2 Å². The molecule has 4 rings (SSSR count). The summed E-state index contributed by atoms with van der Waals surface area (Å²) < 4.78 is 5.74. The largest absolute Gasteiger partial charge is 0.377 e. The van der Waals surface area contributed by atoms with Crippen LogP contribution in [0.5, 0.6) is 0 Å². The van der Waals surface area contributed by atoms with Crippen molar-refractivity contribution in [3.05, 3.63) is 29.8 Å². The van der Waals surface area contributed by atoms with Gasteiger partial charge in [-0.05, 0) is 62.8 Å². The average molecular weight is 357 g/mol. The molecule has 0 bridgehead atoms. The zero-order chi connectivity index (χ0) is 17.8. The maximum Gasteiger partial charge on any atom is 0.251 e. The summed E-state index contributed by atoms with van der Waals surface area (Å²) in [5.74, 6) is 0.0653. The summed E-state index contributed by atoms with van der Waals surface area (Å²) in [6.07, 6.45) is 7.43. The van der Waals surface area contributed by atoms with E-state index < -0.39 is 0 Å². The van der Waals surface area contributed by atoms with Crippen molar-refractivity contribution in [2.45, 2.75) is 50.7 Å². The van der Waals surface area contributed by atoms with Gasteiger partial charge in [0.05, 0.1) is 6.10 Å². The molecule has 1 atom stereocenters. The first-order valence-electron chi connectivity index (χ1n) is 10.3. The third kappa shape index (κ3) is 4.38. The number of hydrogen-bond donors (Lipinski definition) is 1. The molecular weight excluding hydrogens is 326 g/mol. The highest BCUT2D eigenvalue weighted by Crippen LogP contribution is 2.21. The minimum atomic E-state index is 0.0653. The Morgan fingerprint density at radius 2 is 1.73 bits per heavy atom. The van der Waals surface area contributed by atoms with E-state index in [0.717, 1.165) is 57.7 Å². The van der Waals surface area contributed by atoms with Crippen LogP contribution in [0, 0.1) is 0 Å². The van der Waals surface area contributed by atoms with Crippen LogP contribution in [0.1, 0.15) is 48.9 Å². The van der Waals surface area contributed by atoms with Crippen LogP contribution in [0.15, 0.2) is 24.3 Å². The van der Waals surface area contributed by atoms with Crippen LogP contribution in [0.25, 0.3) is 0 Å². The molecule has 0 radical (unpaired) electrons. The smallest absolute Gasteiger partial charge is 0.251 e. The van der Waals surface area contributed by atoms with Gasteiger partial charge in [-0.1, -0.05) is 0 Å². The van der Waals surface area contributed by atoms with Gasteiger partial charge < -0.3 is 19.9 Å². The molecule has 3 fully saturated rings. The van der Waals surface area contributed by atoms with E-state index in [-0.39, 0.29) is 5.91 Å². The van der Waals surface area contributed by atoms with Crippen LogP contribution < -0.4 is 10.2 Å². The summed E-state index contributed by atoms with van der Waals surface area (Å²) in [5.41, 5.74) is 2.01. The van der Waals surface area contributed by atoms with Crippen molar-refractivity contribution in [1.82, 2.24) is 10.2 Å². The molecule has 5 heteroatoms. The highest BCUT2D eigenvalue weighted by molar-refractivity contribution is 5.94. The molecule has 3 saturated heterocycles. The molecule has 1 aromatic carbocycles. The number of benzene rings is 1. The second-order valence-corrected chi connectivity index (χ2v) is 7.92. The normalized spacial score (nSPS) is 24.9. The monoisotopic (exact) mass is 357 g/mol. The van der Waals surface area contributed by atoms with Crippen LogP contribution in [-0.2, 0) is 4.74 Å². The lowest BCUT2D eigenvalue weighted by atomic mass is 10.0. The van der Waals surface area contributed by atoms with Gasteiger partial charge in [0.2, 0.25) is 0 Å². The number of rotatable bonds is 5. The molecule has 0 aliphatic carbocycles. The fraction of sp³-hybridized carbons (Fsp3) is 0.667. The van der Waals surface area contributed by atoms with Crippen molar-refractivity contribution < 1.29 is 9.53 Å². The van der Waals surface area contributed by atoms with E-state index in [2.05, 4.69) is 27.2 Å². The number of likely N-dealkylation sites (tertiary alicyclic amines) is 1. The van der Waals surface area contributed by atoms with E-state index in [1.54, 1.807) is 0 Å². The van der Waals surface area contributed by atoms with Crippen molar-refractivity contribution in [1.29, 1.82) is 0 Å². The molecule has 3 heterocycles. The molecule has 26 heavy (non-hydrogen) atoms. The predicted octanol–water partition coefficient (Wildman–Crippen LogP) is 2.66. The van der Waals surface area contributed by atoms with E-state index in [1.165, 1.54) is 31.4 Å². The summed E-state index contributed by atoms with van der Waals surface area (Å²) >= 11 is 0. The van der Waals surface area contributed by atoms with Gasteiger partial charge in [-0.2, -0.15) is 0 Å². The Labute approximate surface area is 156 Å². The van der Waals surface area contributed by atoms with Crippen LogP contribution in [0.3, 0.4) is 0 Å². The lowest BCUT2D eigenvalue weighted by molar-refractivity contribution is 0.0613. The minimum absolute atomic E-state index is 0.0653. The molecule has 5 nitrogen and oxygen atoms in total. The number of piperidine rings is 1. The lowest BCUT2D eigenvalue weighted by Crippen LogP contribution is -2.46. The van der Waals surface area contributed by atoms with Gasteiger partial charge in [0.25, 0.3) is 5.91 Å². The van der Waals surface area contributed by atoms with Gasteiger partial charge >= 0.3 is 0 Å². The third-order valence-electron chi connectivity index (χ3n) is 6.01. The topological polar surface area (TPSA) is 44.8 Å². The second kappa shape index (κ2) is 8.40. The molecule has 1 unspecified atom stereocenters. The first-order valence-corrected chi connectivity index (χ1v) is 10.3. The van der Waals surface area contributed by atoms with E-state index >= 15 is 0 Å². The van der Waals surface area contributed by atoms with Gasteiger partial charge in [0.15, 0.2) is 0 Å². The van der Waals surface area contributed by atoms with Gasteiger partial charge in [0.1, 0.15) is 0 Å². The number of carbonyl (C=O) groups excluding carboxylic acids is 1. The Bertz CT molecular complexity index is 584. The molecule has 3 aliphatic heterocycles. The Morgan fingerprint density at radius 1 is 1.00 bits per heavy atom. The molecule has 3 aliphatic rings. The number of hydrogen-bond acceptors (Lipinski definition) is 4. The maximum absolute atomic E-state index is 12.5. The first-order chi connectivity index (χ1) is 12.8. The summed E-state index contributed by atoms with van der Waals surface area (Å²) in [5, 5.41) is 3.23. The van der Waals surface area contributed by atoms with Gasteiger partial charge in [-0.3, -0.25) is 4.79 Å². The minimum Gasteiger partial charge on any atom is -0.377 e. The molecule has 0 spiro atoms. The number of carbonyl (C=O) groups is 1. The SMILES string of the molecule is O=C(NC1CCN(CC2CCCO2)CC1)c1ccc(N2CCCC2)cc1. The number of nitrogens with zero attached hydrogens (tertiary/aromatic N) is 2. The van der Waals surface area contributed by atoms with Crippen molar-refractivity contribution in [3.8, 4) is 0 Å². The average Bonchev–Trinajstić information content (AvgIpc) is 3.37. The fourth-order valence-corrected chi connectivity index (χ4v) is 4.40. The molecule has 1 amide bonds. The molecule has 0 saturated carbocycles. The number of nitrogens with one attached hydrogen (secondary N) is 1. The van der Waals surface area contributed by atoms with Crippen LogP contribution >= 0.6 is 0 Å². The highest BCUT2D eigenvalue weighted by Gasteiger charge is 2.25. The van der Waals surface area contributed by atoms with Crippen molar-refractivity contribution in [3.63, 3.8) is 0 Å². The zero-order valence-electron chi connectivity index (χ0n) is 15.7. The van der Waals surface area contributed by atoms with Crippen molar-refractivity contribution >= 4 is 11.6 Å². The predicted molar refractivity (Wildman–Crippen MR) is 104 cm³/mol. The Balaban J connectivity index is 1.23. The van der Waals surface area contributed by atoms with Gasteiger partial charge in [-0.15, -0.1) is 0 Å². The quantitative estimate of drug-likeness (QED) is 0.880. The maximum atomic E-state index is 12.5. The summed E-state index contributed by atoms with van der Waals surface area (Å²) in [6.45, 7) is 6.36. The van der Waals surface area contributed by atoms with Crippen LogP contribution in [0.2, 0.25) is 0 Å². The van der Waals surface area contributed by atoms with Crippen molar-refractivity contribution in [2.24, 2.45) is 0 Å². The first kappa shape index (κ1) is 17.8. The fourth-order valence-electron chi connectivity index (χ4n) is 4.40. The van der Waals surface area contributed by atoms with E-state index in [1.807, 2.05) is 12.1 Å². The zero-order valence-corrected chi connectivity index (χ0v) is 15.7. The summed E-state index contributed by atoms with van der Waals surface area (Å²) in [4.78, 5) is 17.4. The van der Waals surface area contributed by atoms with Crippen LogP contribution in [0.4, 0.5) is 5.69 Å². The number of ether oxygens (including phenoxy) is 1. The highest BCUT2D eigenvalue weighted by atomic mass is 16.5. The second-order valence-electron chi connectivity index (χ2n) is 7.92. The van der Waals surface area contributed by atoms with E-state index in [0.29, 0.717) is 12.1 Å². The van der Waals surface area contributed by atoms with Gasteiger partial charge in [-0.25, -0.2) is 0 Å². The molecule has 1 N–H and O–H groups in total. The Kier molecular flexibility index (Phi) is 5.75. The summed E-state index contributed by atoms with van der Waals surface area (Å²) in [7, 11) is 0. The Morgan fingerprint density at radius 3 is 2.38 bits per heavy atom.